The van der Waals surface area contributed by atoms with Gasteiger partial charge < -0.3 is 23.5 Å². The molecule has 8 heteroatoms. The van der Waals surface area contributed by atoms with Gasteiger partial charge in [-0.2, -0.15) is 0 Å². The predicted molar refractivity (Wildman–Crippen MR) is 130 cm³/mol. The largest absolute Gasteiger partial charge is 0.494 e. The van der Waals surface area contributed by atoms with Gasteiger partial charge in [0, 0.05) is 28.2 Å². The van der Waals surface area contributed by atoms with Gasteiger partial charge in [0.15, 0.2) is 30.5 Å². The Kier molecular flexibility index (Phi) is 8.30. The molecule has 0 saturated heterocycles. The molecule has 0 aliphatic heterocycles. The normalized spacial score (nSPS) is 10.5. The zero-order valence-corrected chi connectivity index (χ0v) is 20.5. The Morgan fingerprint density at radius 3 is 2.23 bits per heavy atom. The van der Waals surface area contributed by atoms with E-state index in [9.17, 15) is 14.4 Å². The van der Waals surface area contributed by atoms with Crippen molar-refractivity contribution < 1.29 is 33.3 Å². The Bertz CT molecular complexity index is 1230. The van der Waals surface area contributed by atoms with E-state index in [1.807, 2.05) is 49.6 Å². The number of nitrogens with zero attached hydrogens (tertiary/aromatic N) is 1. The van der Waals surface area contributed by atoms with Gasteiger partial charge in [-0.1, -0.05) is 0 Å². The maximum atomic E-state index is 12.8. The quantitative estimate of drug-likeness (QED) is 0.295. The topological polar surface area (TPSA) is 93.1 Å². The summed E-state index contributed by atoms with van der Waals surface area (Å²) in [5.41, 5.74) is 3.47. The van der Waals surface area contributed by atoms with E-state index in [0.717, 1.165) is 22.8 Å². The monoisotopic (exact) mass is 479 g/mol. The minimum atomic E-state index is -0.698. The van der Waals surface area contributed by atoms with Crippen LogP contribution in [0, 0.1) is 13.8 Å². The van der Waals surface area contributed by atoms with Crippen molar-refractivity contribution in [3.63, 3.8) is 0 Å². The van der Waals surface area contributed by atoms with Crippen molar-refractivity contribution in [1.82, 2.24) is 4.57 Å². The molecule has 1 heterocycles. The minimum Gasteiger partial charge on any atom is -0.494 e. The number of esters is 1. The molecule has 0 fully saturated rings. The fourth-order valence-corrected chi connectivity index (χ4v) is 3.71. The predicted octanol–water partition coefficient (Wildman–Crippen LogP) is 4.51. The fourth-order valence-electron chi connectivity index (χ4n) is 3.71. The van der Waals surface area contributed by atoms with Crippen LogP contribution in [-0.2, 0) is 9.53 Å². The van der Waals surface area contributed by atoms with Crippen LogP contribution >= 0.6 is 0 Å². The van der Waals surface area contributed by atoms with Crippen LogP contribution in [0.15, 0.2) is 48.5 Å². The first-order chi connectivity index (χ1) is 16.7. The van der Waals surface area contributed by atoms with E-state index in [0.29, 0.717) is 29.2 Å². The highest BCUT2D eigenvalue weighted by Crippen LogP contribution is 2.28. The van der Waals surface area contributed by atoms with Crippen LogP contribution in [0.3, 0.4) is 0 Å². The molecule has 0 bridgehead atoms. The van der Waals surface area contributed by atoms with Crippen molar-refractivity contribution in [2.75, 3.05) is 26.9 Å². The SMILES string of the molecule is CCOc1ccc(-n2c(C)cc(C(=O)COC(=O)COc3ccc(C(C)=O)cc3OC)c2C)cc1. The molecule has 0 atom stereocenters. The molecule has 1 aromatic heterocycles. The first kappa shape index (κ1) is 25.6. The van der Waals surface area contributed by atoms with Crippen molar-refractivity contribution >= 4 is 17.5 Å². The highest BCUT2D eigenvalue weighted by molar-refractivity contribution is 5.99. The van der Waals surface area contributed by atoms with Gasteiger partial charge in [-0.25, -0.2) is 4.79 Å². The lowest BCUT2D eigenvalue weighted by molar-refractivity contribution is -0.144. The number of aromatic nitrogens is 1. The van der Waals surface area contributed by atoms with Crippen molar-refractivity contribution in [2.24, 2.45) is 0 Å². The third-order valence-corrected chi connectivity index (χ3v) is 5.42. The molecule has 0 aliphatic carbocycles. The van der Waals surface area contributed by atoms with Gasteiger partial charge in [0.05, 0.1) is 13.7 Å². The zero-order chi connectivity index (χ0) is 25.5. The third kappa shape index (κ3) is 6.09. The van der Waals surface area contributed by atoms with Crippen molar-refractivity contribution in [3.05, 3.63) is 71.0 Å². The molecule has 3 rings (SSSR count). The summed E-state index contributed by atoms with van der Waals surface area (Å²) in [5.74, 6) is 0.262. The third-order valence-electron chi connectivity index (χ3n) is 5.42. The van der Waals surface area contributed by atoms with Gasteiger partial charge in [-0.15, -0.1) is 0 Å². The van der Waals surface area contributed by atoms with Crippen molar-refractivity contribution in [2.45, 2.75) is 27.7 Å². The van der Waals surface area contributed by atoms with Gasteiger partial charge in [0.2, 0.25) is 5.78 Å². The van der Waals surface area contributed by atoms with Crippen LogP contribution in [-0.4, -0.2) is 49.0 Å². The molecule has 0 N–H and O–H groups in total. The number of rotatable bonds is 11. The van der Waals surface area contributed by atoms with Crippen LogP contribution in [0.4, 0.5) is 0 Å². The molecule has 3 aromatic rings. The summed E-state index contributed by atoms with van der Waals surface area (Å²) in [6.07, 6.45) is 0. The molecule has 0 aliphatic rings. The molecule has 8 nitrogen and oxygen atoms in total. The maximum Gasteiger partial charge on any atom is 0.344 e. The Hall–Kier alpha value is -4.07. The number of hydrogen-bond acceptors (Lipinski definition) is 7. The summed E-state index contributed by atoms with van der Waals surface area (Å²) in [5, 5.41) is 0. The number of methoxy groups -OCH3 is 1. The molecule has 0 unspecified atom stereocenters. The van der Waals surface area contributed by atoms with Gasteiger partial charge in [0.25, 0.3) is 0 Å². The van der Waals surface area contributed by atoms with Crippen LogP contribution in [0.2, 0.25) is 0 Å². The summed E-state index contributed by atoms with van der Waals surface area (Å²) in [6.45, 7) is 6.89. The zero-order valence-electron chi connectivity index (χ0n) is 20.5. The Labute approximate surface area is 204 Å². The Morgan fingerprint density at radius 1 is 0.886 bits per heavy atom. The van der Waals surface area contributed by atoms with E-state index in [4.69, 9.17) is 18.9 Å². The summed E-state index contributed by atoms with van der Waals surface area (Å²) in [6, 6.07) is 14.0. The molecular weight excluding hydrogens is 450 g/mol. The minimum absolute atomic E-state index is 0.116. The van der Waals surface area contributed by atoms with Gasteiger partial charge in [0.1, 0.15) is 5.75 Å². The second kappa shape index (κ2) is 11.4. The van der Waals surface area contributed by atoms with Crippen LogP contribution < -0.4 is 14.2 Å². The fraction of sp³-hybridized carbons (Fsp3) is 0.296. The molecule has 0 amide bonds. The van der Waals surface area contributed by atoms with E-state index in [-0.39, 0.29) is 11.6 Å². The van der Waals surface area contributed by atoms with E-state index in [2.05, 4.69) is 0 Å². The lowest BCUT2D eigenvalue weighted by Gasteiger charge is -2.12. The Morgan fingerprint density at radius 2 is 1.60 bits per heavy atom. The van der Waals surface area contributed by atoms with Crippen LogP contribution in [0.25, 0.3) is 5.69 Å². The molecule has 184 valence electrons. The summed E-state index contributed by atoms with van der Waals surface area (Å²) >= 11 is 0. The van der Waals surface area contributed by atoms with E-state index < -0.39 is 19.2 Å². The second-order valence-electron chi connectivity index (χ2n) is 7.84. The number of Topliss-reactive ketones (excluding diaryl/α,β-unsaturated/α-hetero) is 2. The van der Waals surface area contributed by atoms with Gasteiger partial charge in [-0.05, 0) is 76.2 Å². The second-order valence-corrected chi connectivity index (χ2v) is 7.84. The van der Waals surface area contributed by atoms with Crippen LogP contribution in [0.5, 0.6) is 17.2 Å². The lowest BCUT2D eigenvalue weighted by atomic mass is 10.1. The highest BCUT2D eigenvalue weighted by atomic mass is 16.6. The number of ether oxygens (including phenoxy) is 4. The molecule has 35 heavy (non-hydrogen) atoms. The average Bonchev–Trinajstić information content (AvgIpc) is 3.15. The van der Waals surface area contributed by atoms with E-state index >= 15 is 0 Å². The van der Waals surface area contributed by atoms with Crippen LogP contribution in [0.1, 0.15) is 46.0 Å². The number of carbonyl (C=O) groups excluding carboxylic acids is 3. The summed E-state index contributed by atoms with van der Waals surface area (Å²) in [7, 11) is 1.44. The standard InChI is InChI=1S/C27H29NO7/c1-6-33-22-10-8-21(9-11-22)28-17(2)13-23(18(28)3)24(30)15-35-27(31)16-34-25-12-7-20(19(4)29)14-26(25)32-5/h7-14H,6,15-16H2,1-5H3. The Balaban J connectivity index is 1.61. The number of aryl methyl sites for hydroxylation is 1. The maximum absolute atomic E-state index is 12.8. The summed E-state index contributed by atoms with van der Waals surface area (Å²) < 4.78 is 23.3. The highest BCUT2D eigenvalue weighted by Gasteiger charge is 2.19. The number of carbonyl (C=O) groups is 3. The molecule has 0 radical (unpaired) electrons. The van der Waals surface area contributed by atoms with E-state index in [1.165, 1.54) is 20.1 Å². The van der Waals surface area contributed by atoms with Crippen molar-refractivity contribution in [1.29, 1.82) is 0 Å². The summed E-state index contributed by atoms with van der Waals surface area (Å²) in [4.78, 5) is 36.5. The van der Waals surface area contributed by atoms with Gasteiger partial charge >= 0.3 is 5.97 Å². The first-order valence-electron chi connectivity index (χ1n) is 11.2. The average molecular weight is 480 g/mol. The number of ketones is 2. The van der Waals surface area contributed by atoms with Gasteiger partial charge in [-0.3, -0.25) is 9.59 Å². The molecule has 0 spiro atoms. The lowest BCUT2D eigenvalue weighted by Crippen LogP contribution is -2.20. The van der Waals surface area contributed by atoms with E-state index in [1.54, 1.807) is 18.2 Å². The number of hydrogen-bond donors (Lipinski definition) is 0. The first-order valence-corrected chi connectivity index (χ1v) is 11.2. The van der Waals surface area contributed by atoms with Crippen molar-refractivity contribution in [3.8, 4) is 22.9 Å². The molecule has 2 aromatic carbocycles. The molecule has 0 saturated carbocycles. The molecular formula is C27H29NO7. The smallest absolute Gasteiger partial charge is 0.344 e. The number of benzene rings is 2.